The van der Waals surface area contributed by atoms with Crippen LogP contribution in [0.2, 0.25) is 0 Å². The lowest BCUT2D eigenvalue weighted by molar-refractivity contribution is -0.384. The van der Waals surface area contributed by atoms with Gasteiger partial charge in [0.2, 0.25) is 0 Å². The van der Waals surface area contributed by atoms with Gasteiger partial charge in [-0.15, -0.1) is 0 Å². The highest BCUT2D eigenvalue weighted by molar-refractivity contribution is 5.74. The first-order chi connectivity index (χ1) is 15.4. The van der Waals surface area contributed by atoms with Gasteiger partial charge in [0, 0.05) is 23.8 Å². The number of benzene rings is 3. The van der Waals surface area contributed by atoms with Crippen LogP contribution in [-0.4, -0.2) is 23.0 Å². The molecule has 1 aliphatic heterocycles. The summed E-state index contributed by atoms with van der Waals surface area (Å²) in [5, 5.41) is 11.1. The second kappa shape index (κ2) is 8.97. The third kappa shape index (κ3) is 4.49. The summed E-state index contributed by atoms with van der Waals surface area (Å²) in [6, 6.07) is 18.8. The molecule has 0 N–H and O–H groups in total. The van der Waals surface area contributed by atoms with Gasteiger partial charge in [0.05, 0.1) is 24.6 Å². The van der Waals surface area contributed by atoms with Crippen LogP contribution in [0.4, 0.5) is 10.5 Å². The van der Waals surface area contributed by atoms with Crippen LogP contribution in [0, 0.1) is 10.1 Å². The van der Waals surface area contributed by atoms with Crippen molar-refractivity contribution in [3.8, 4) is 17.2 Å². The first-order valence-electron chi connectivity index (χ1n) is 10.1. The fourth-order valence-corrected chi connectivity index (χ4v) is 3.51. The molecule has 0 saturated carbocycles. The summed E-state index contributed by atoms with van der Waals surface area (Å²) < 4.78 is 16.5. The zero-order chi connectivity index (χ0) is 22.7. The maximum Gasteiger partial charge on any atom is 0.416 e. The number of rotatable bonds is 7. The third-order valence-electron chi connectivity index (χ3n) is 5.41. The average molecular weight is 434 g/mol. The molecule has 3 aromatic carbocycles. The lowest BCUT2D eigenvalue weighted by atomic mass is 10.0. The maximum atomic E-state index is 12.7. The highest BCUT2D eigenvalue weighted by Crippen LogP contribution is 2.35. The molecule has 1 heterocycles. The second-order valence-electron chi connectivity index (χ2n) is 7.43. The van der Waals surface area contributed by atoms with Crippen LogP contribution < -0.4 is 14.2 Å². The minimum absolute atomic E-state index is 0.0150. The maximum absolute atomic E-state index is 12.7. The number of methoxy groups -OCH3 is 1. The Morgan fingerprint density at radius 2 is 1.84 bits per heavy atom. The first kappa shape index (κ1) is 21.2. The van der Waals surface area contributed by atoms with E-state index in [1.165, 1.54) is 12.1 Å². The number of carbonyl (C=O) groups excluding carboxylic acids is 1. The molecular weight excluding hydrogens is 412 g/mol. The minimum atomic E-state index is -0.510. The zero-order valence-electron chi connectivity index (χ0n) is 17.7. The van der Waals surface area contributed by atoms with E-state index in [1.54, 1.807) is 30.2 Å². The van der Waals surface area contributed by atoms with Gasteiger partial charge in [0.25, 0.3) is 5.69 Å². The lowest BCUT2D eigenvalue weighted by Crippen LogP contribution is -2.38. The van der Waals surface area contributed by atoms with Gasteiger partial charge in [-0.05, 0) is 42.3 Å². The van der Waals surface area contributed by atoms with Gasteiger partial charge in [0.1, 0.15) is 23.9 Å². The van der Waals surface area contributed by atoms with E-state index >= 15 is 0 Å². The molecule has 0 spiro atoms. The predicted octanol–water partition coefficient (Wildman–Crippen LogP) is 5.26. The molecule has 0 fully saturated rings. The van der Waals surface area contributed by atoms with Crippen LogP contribution in [0.25, 0.3) is 0 Å². The molecule has 8 heteroatoms. The van der Waals surface area contributed by atoms with Crippen LogP contribution in [0.1, 0.15) is 29.7 Å². The van der Waals surface area contributed by atoms with Crippen molar-refractivity contribution in [2.75, 3.05) is 7.11 Å². The number of nitro groups is 1. The molecule has 1 amide bonds. The number of fused-ring (bicyclic) bond motifs is 1. The number of ether oxygens (including phenoxy) is 3. The molecule has 0 aliphatic carbocycles. The Balaban J connectivity index is 1.46. The zero-order valence-corrected chi connectivity index (χ0v) is 17.7. The molecule has 0 bridgehead atoms. The Kier molecular flexibility index (Phi) is 5.93. The monoisotopic (exact) mass is 434 g/mol. The molecule has 8 nitrogen and oxygen atoms in total. The summed E-state index contributed by atoms with van der Waals surface area (Å²) in [6.45, 7) is 2.51. The quantitative estimate of drug-likeness (QED) is 0.372. The van der Waals surface area contributed by atoms with E-state index in [2.05, 4.69) is 0 Å². The van der Waals surface area contributed by atoms with Crippen molar-refractivity contribution in [3.63, 3.8) is 0 Å². The van der Waals surface area contributed by atoms with E-state index in [9.17, 15) is 14.9 Å². The fraction of sp³-hybridized carbons (Fsp3) is 0.208. The minimum Gasteiger partial charge on any atom is -0.497 e. The molecule has 1 aliphatic rings. The standard InChI is InChI=1S/C24H22N2O6/c1-16(18-4-3-5-20(12-18)26(28)29)25-14-19-8-11-22(13-23(19)32-24(25)27)31-15-17-6-9-21(30-2)10-7-17/h3-13,16H,14-15H2,1-2H3. The summed E-state index contributed by atoms with van der Waals surface area (Å²) in [4.78, 5) is 24.8. The van der Waals surface area contributed by atoms with Crippen molar-refractivity contribution in [2.45, 2.75) is 26.1 Å². The first-order valence-corrected chi connectivity index (χ1v) is 10.1. The Morgan fingerprint density at radius 1 is 1.09 bits per heavy atom. The van der Waals surface area contributed by atoms with Crippen LogP contribution in [0.5, 0.6) is 17.2 Å². The summed E-state index contributed by atoms with van der Waals surface area (Å²) in [6.07, 6.45) is -0.510. The predicted molar refractivity (Wildman–Crippen MR) is 117 cm³/mol. The van der Waals surface area contributed by atoms with Crippen LogP contribution in [0.15, 0.2) is 66.7 Å². The molecule has 0 saturated heterocycles. The van der Waals surface area contributed by atoms with Gasteiger partial charge < -0.3 is 14.2 Å². The number of hydrogen-bond donors (Lipinski definition) is 0. The summed E-state index contributed by atoms with van der Waals surface area (Å²) in [5.41, 5.74) is 2.47. The van der Waals surface area contributed by atoms with E-state index in [-0.39, 0.29) is 11.7 Å². The number of nitrogens with zero attached hydrogens (tertiary/aromatic N) is 2. The molecular formula is C24H22N2O6. The van der Waals surface area contributed by atoms with Gasteiger partial charge in [-0.25, -0.2) is 4.79 Å². The van der Waals surface area contributed by atoms with Crippen LogP contribution in [0.3, 0.4) is 0 Å². The molecule has 3 aromatic rings. The SMILES string of the molecule is COc1ccc(COc2ccc3c(c2)OC(=O)N(C(C)c2cccc([N+](=O)[O-])c2)C3)cc1. The molecule has 0 radical (unpaired) electrons. The number of amides is 1. The molecule has 4 rings (SSSR count). The normalized spacial score (nSPS) is 13.7. The van der Waals surface area contributed by atoms with Crippen LogP contribution >= 0.6 is 0 Å². The van der Waals surface area contributed by atoms with E-state index in [0.29, 0.717) is 30.2 Å². The van der Waals surface area contributed by atoms with Gasteiger partial charge >= 0.3 is 6.09 Å². The lowest BCUT2D eigenvalue weighted by Gasteiger charge is -2.33. The highest BCUT2D eigenvalue weighted by Gasteiger charge is 2.30. The van der Waals surface area contributed by atoms with Crippen molar-refractivity contribution in [2.24, 2.45) is 0 Å². The Bertz CT molecular complexity index is 1150. The Morgan fingerprint density at radius 3 is 2.56 bits per heavy atom. The highest BCUT2D eigenvalue weighted by atomic mass is 16.6. The summed E-state index contributed by atoms with van der Waals surface area (Å²) in [7, 11) is 1.62. The van der Waals surface area contributed by atoms with E-state index < -0.39 is 11.0 Å². The molecule has 164 valence electrons. The van der Waals surface area contributed by atoms with Crippen molar-refractivity contribution in [1.29, 1.82) is 0 Å². The topological polar surface area (TPSA) is 91.1 Å². The number of non-ortho nitro benzene ring substituents is 1. The van der Waals surface area contributed by atoms with Crippen LogP contribution in [-0.2, 0) is 13.2 Å². The number of hydrogen-bond acceptors (Lipinski definition) is 6. The third-order valence-corrected chi connectivity index (χ3v) is 5.41. The van der Waals surface area contributed by atoms with Crippen molar-refractivity contribution < 1.29 is 23.9 Å². The summed E-state index contributed by atoms with van der Waals surface area (Å²) in [5.74, 6) is 1.82. The van der Waals surface area contributed by atoms with Gasteiger partial charge in [-0.2, -0.15) is 0 Å². The van der Waals surface area contributed by atoms with Crippen molar-refractivity contribution in [3.05, 3.63) is 93.5 Å². The van der Waals surface area contributed by atoms with Gasteiger partial charge in [-0.1, -0.05) is 24.3 Å². The second-order valence-corrected chi connectivity index (χ2v) is 7.43. The Hall–Kier alpha value is -4.07. The van der Waals surface area contributed by atoms with E-state index in [4.69, 9.17) is 14.2 Å². The largest absolute Gasteiger partial charge is 0.497 e. The van der Waals surface area contributed by atoms with Crippen molar-refractivity contribution in [1.82, 2.24) is 4.90 Å². The van der Waals surface area contributed by atoms with E-state index in [1.807, 2.05) is 43.3 Å². The Labute approximate surface area is 185 Å². The average Bonchev–Trinajstić information content (AvgIpc) is 2.82. The van der Waals surface area contributed by atoms with Crippen molar-refractivity contribution >= 4 is 11.8 Å². The smallest absolute Gasteiger partial charge is 0.416 e. The molecule has 0 aromatic heterocycles. The van der Waals surface area contributed by atoms with Gasteiger partial charge in [-0.3, -0.25) is 15.0 Å². The molecule has 32 heavy (non-hydrogen) atoms. The fourth-order valence-electron chi connectivity index (χ4n) is 3.51. The summed E-state index contributed by atoms with van der Waals surface area (Å²) >= 11 is 0. The molecule has 1 unspecified atom stereocenters. The molecule has 1 atom stereocenters. The number of carbonyl (C=O) groups is 1. The van der Waals surface area contributed by atoms with Gasteiger partial charge in [0.15, 0.2) is 0 Å². The number of nitro benzene ring substituents is 1. The van der Waals surface area contributed by atoms with E-state index in [0.717, 1.165) is 16.9 Å².